The van der Waals surface area contributed by atoms with E-state index in [1.165, 1.54) is 21.6 Å². The van der Waals surface area contributed by atoms with E-state index in [0.717, 1.165) is 27.5 Å². The van der Waals surface area contributed by atoms with Gasteiger partial charge in [0.25, 0.3) is 0 Å². The van der Waals surface area contributed by atoms with E-state index < -0.39 is 15.1 Å². The summed E-state index contributed by atoms with van der Waals surface area (Å²) >= 11 is 4.24. The number of carbonyl (C=O) groups excluding carboxylic acids is 2. The molecule has 0 unspecified atom stereocenters. The van der Waals surface area contributed by atoms with Gasteiger partial charge in [0.2, 0.25) is 5.24 Å². The van der Waals surface area contributed by atoms with Crippen LogP contribution in [0.25, 0.3) is 22.9 Å². The molecule has 0 radical (unpaired) electrons. The summed E-state index contributed by atoms with van der Waals surface area (Å²) in [5.41, 5.74) is 5.36. The second-order valence-electron chi connectivity index (χ2n) is 9.89. The molecular formula is C38H32Cl3O2Zn+. The Bertz CT molecular complexity index is 1820. The van der Waals surface area contributed by atoms with Crippen molar-refractivity contribution in [2.75, 3.05) is 0 Å². The molecule has 0 fully saturated rings. The van der Waals surface area contributed by atoms with Gasteiger partial charge >= 0.3 is 34.5 Å². The van der Waals surface area contributed by atoms with Crippen LogP contribution >= 0.6 is 31.0 Å². The molecule has 0 aromatic heterocycles. The van der Waals surface area contributed by atoms with Gasteiger partial charge in [-0.3, -0.25) is 9.59 Å². The van der Waals surface area contributed by atoms with Gasteiger partial charge < -0.3 is 0 Å². The van der Waals surface area contributed by atoms with Gasteiger partial charge in [0.05, 0.1) is 11.3 Å². The quantitative estimate of drug-likeness (QED) is 0.0798. The first kappa shape index (κ1) is 35.1. The fraction of sp³-hybridized carbons (Fsp3) is 0.105. The van der Waals surface area contributed by atoms with Crippen molar-refractivity contribution < 1.29 is 24.7 Å². The first-order valence-electron chi connectivity index (χ1n) is 14.1. The van der Waals surface area contributed by atoms with E-state index in [0.29, 0.717) is 12.8 Å². The number of ketones is 1. The number of fused-ring (bicyclic) bond motifs is 2. The van der Waals surface area contributed by atoms with Gasteiger partial charge in [0.1, 0.15) is 0 Å². The predicted molar refractivity (Wildman–Crippen MR) is 183 cm³/mol. The predicted octanol–water partition coefficient (Wildman–Crippen LogP) is 8.95. The standard InChI is InChI=1S/C19H16O.C11H9.C8H7ClO.2ClH.Zn/c1-14-11-12-18(17-10-6-5-9-16(14)17)19(20)13-15-7-3-2-4-8-15;1-9-5-4-7-10-6-2-3-8-11(9)10;9-8(10)6-7-4-2-1-3-5-7;;;/h2-12H,13H2,1H3;2-5,7-8H,1H3;1-5H,6H2;2*1H;/q;+1;;;;+2/p-2. The van der Waals surface area contributed by atoms with Crippen LogP contribution in [0.15, 0.2) is 127 Å². The molecule has 218 valence electrons. The van der Waals surface area contributed by atoms with Crippen LogP contribution in [0.3, 0.4) is 0 Å². The minimum absolute atomic E-state index is 0.174. The van der Waals surface area contributed by atoms with Crippen molar-refractivity contribution in [1.82, 2.24) is 0 Å². The number of Topliss-reactive ketones (excluding diaryl/α,β-unsaturated/α-hetero) is 1. The third kappa shape index (κ3) is 11.3. The van der Waals surface area contributed by atoms with E-state index in [4.69, 9.17) is 31.0 Å². The number of halogens is 3. The zero-order valence-electron chi connectivity index (χ0n) is 24.8. The maximum atomic E-state index is 12.5. The number of rotatable bonds is 5. The Morgan fingerprint density at radius 1 is 0.659 bits per heavy atom. The molecule has 0 bridgehead atoms. The monoisotopic (exact) mass is 689 g/mol. The Kier molecular flexibility index (Phi) is 15.2. The van der Waals surface area contributed by atoms with Gasteiger partial charge in [-0.15, -0.1) is 0 Å². The van der Waals surface area contributed by atoms with Crippen LogP contribution in [-0.2, 0) is 32.8 Å². The molecule has 0 spiro atoms. The molecule has 6 rings (SSSR count). The van der Waals surface area contributed by atoms with E-state index in [2.05, 4.69) is 50.3 Å². The van der Waals surface area contributed by atoms with Crippen LogP contribution in [0.2, 0.25) is 0 Å². The van der Waals surface area contributed by atoms with Crippen LogP contribution in [0, 0.1) is 13.8 Å². The molecule has 0 saturated heterocycles. The Hall–Kier alpha value is -3.42. The van der Waals surface area contributed by atoms with Gasteiger partial charge in [0, 0.05) is 48.3 Å². The minimum atomic E-state index is -0.931. The average Bonchev–Trinajstić information content (AvgIpc) is 3.03. The summed E-state index contributed by atoms with van der Waals surface area (Å²) in [5.74, 6) is 0.174. The summed E-state index contributed by atoms with van der Waals surface area (Å²) in [6, 6.07) is 37.7. The zero-order valence-corrected chi connectivity index (χ0v) is 30.0. The first-order chi connectivity index (χ1) is 21.3. The van der Waals surface area contributed by atoms with Gasteiger partial charge in [-0.1, -0.05) is 97.1 Å². The normalized spacial score (nSPS) is 10.3. The van der Waals surface area contributed by atoms with Crippen LogP contribution in [-0.4, -0.2) is 11.0 Å². The molecule has 0 aliphatic heterocycles. The van der Waals surface area contributed by atoms with Gasteiger partial charge in [-0.2, -0.15) is 0 Å². The number of carbonyl (C=O) groups is 2. The fourth-order valence-corrected chi connectivity index (χ4v) is 4.79. The van der Waals surface area contributed by atoms with Crippen molar-refractivity contribution in [3.8, 4) is 0 Å². The second-order valence-corrected chi connectivity index (χ2v) is 14.9. The Morgan fingerprint density at radius 3 is 1.82 bits per heavy atom. The Morgan fingerprint density at radius 2 is 1.23 bits per heavy atom. The second kappa shape index (κ2) is 19.1. The van der Waals surface area contributed by atoms with E-state index in [9.17, 15) is 9.59 Å². The van der Waals surface area contributed by atoms with Crippen molar-refractivity contribution in [3.63, 3.8) is 0 Å². The zero-order chi connectivity index (χ0) is 31.7. The van der Waals surface area contributed by atoms with Gasteiger partial charge in [0.15, 0.2) is 11.0 Å². The molecular weight excluding hydrogens is 660 g/mol. The molecule has 0 heterocycles. The summed E-state index contributed by atoms with van der Waals surface area (Å²) in [6.07, 6.45) is 10.1. The molecule has 5 aromatic carbocycles. The summed E-state index contributed by atoms with van der Waals surface area (Å²) < 4.78 is 0. The number of allylic oxidation sites excluding steroid dienone is 2. The SMILES string of the molecule is Cc1ccc(C(=O)Cc2ccccc2)c2ccccc12.Cc1cccc2c1=CC=C[C+]=2.O=C(Cl)Cc1ccccc1.[Cl][Zn][Cl]. The molecule has 44 heavy (non-hydrogen) atoms. The molecule has 5 aromatic rings. The number of hydrogen-bond acceptors (Lipinski definition) is 2. The van der Waals surface area contributed by atoms with Crippen LogP contribution in [0.5, 0.6) is 0 Å². The third-order valence-corrected chi connectivity index (χ3v) is 6.89. The first-order valence-corrected chi connectivity index (χ1v) is 22.3. The fourth-order valence-electron chi connectivity index (χ4n) is 4.64. The van der Waals surface area contributed by atoms with E-state index in [1.807, 2.05) is 103 Å². The van der Waals surface area contributed by atoms with Crippen molar-refractivity contribution in [2.45, 2.75) is 26.7 Å². The number of benzene rings is 5. The molecule has 6 heteroatoms. The maximum absolute atomic E-state index is 12.5. The van der Waals surface area contributed by atoms with Crippen LogP contribution < -0.4 is 10.4 Å². The molecule has 0 amide bonds. The van der Waals surface area contributed by atoms with Gasteiger partial charge in [-0.05, 0) is 65.0 Å². The topological polar surface area (TPSA) is 34.1 Å². The summed E-state index contributed by atoms with van der Waals surface area (Å²) in [4.78, 5) is 22.9. The molecule has 0 saturated carbocycles. The Labute approximate surface area is 280 Å². The van der Waals surface area contributed by atoms with E-state index in [1.54, 1.807) is 0 Å². The van der Waals surface area contributed by atoms with E-state index in [-0.39, 0.29) is 11.0 Å². The van der Waals surface area contributed by atoms with Crippen LogP contribution in [0.4, 0.5) is 0 Å². The van der Waals surface area contributed by atoms with Crippen molar-refractivity contribution in [1.29, 1.82) is 0 Å². The summed E-state index contributed by atoms with van der Waals surface area (Å²) in [5, 5.41) is 4.40. The molecule has 0 atom stereocenters. The molecule has 0 N–H and O–H groups in total. The third-order valence-electron chi connectivity index (χ3n) is 6.76. The van der Waals surface area contributed by atoms with Gasteiger partial charge in [-0.25, -0.2) is 0 Å². The molecule has 1 aliphatic carbocycles. The van der Waals surface area contributed by atoms with Crippen molar-refractivity contribution in [2.24, 2.45) is 0 Å². The van der Waals surface area contributed by atoms with E-state index >= 15 is 0 Å². The molecule has 1 aliphatic rings. The average molecular weight is 692 g/mol. The number of aryl methyl sites for hydroxylation is 2. The summed E-state index contributed by atoms with van der Waals surface area (Å²) in [7, 11) is 9.90. The van der Waals surface area contributed by atoms with Crippen molar-refractivity contribution >= 4 is 64.9 Å². The molecule has 2 nitrogen and oxygen atoms in total. The summed E-state index contributed by atoms with van der Waals surface area (Å²) in [6.45, 7) is 4.20. The Balaban J connectivity index is 0.000000187. The van der Waals surface area contributed by atoms with Crippen molar-refractivity contribution in [3.05, 3.63) is 166 Å². The van der Waals surface area contributed by atoms with Crippen LogP contribution in [0.1, 0.15) is 32.6 Å². The number of hydrogen-bond donors (Lipinski definition) is 0.